The Kier molecular flexibility index (Phi) is 1.84. The van der Waals surface area contributed by atoms with Crippen LogP contribution in [-0.4, -0.2) is 11.8 Å². The summed E-state index contributed by atoms with van der Waals surface area (Å²) in [6.07, 6.45) is 0. The van der Waals surface area contributed by atoms with E-state index in [2.05, 4.69) is 4.99 Å². The van der Waals surface area contributed by atoms with Crippen LogP contribution < -0.4 is 0 Å². The standard InChI is InChI=1S/C8H4INO2/c9-12-8-6-4-2-1-3-5(6)7(11)10-8/h1-4H. The molecule has 1 heterocycles. The summed E-state index contributed by atoms with van der Waals surface area (Å²) in [5.41, 5.74) is 1.39. The van der Waals surface area contributed by atoms with Gasteiger partial charge in [0.2, 0.25) is 5.90 Å². The van der Waals surface area contributed by atoms with E-state index in [4.69, 9.17) is 3.07 Å². The molecule has 3 nitrogen and oxygen atoms in total. The second-order valence-electron chi connectivity index (χ2n) is 2.34. The van der Waals surface area contributed by atoms with Gasteiger partial charge in [0.1, 0.15) is 0 Å². The molecule has 12 heavy (non-hydrogen) atoms. The number of rotatable bonds is 0. The Labute approximate surface area is 83.1 Å². The quantitative estimate of drug-likeness (QED) is 0.678. The molecule has 1 aliphatic rings. The molecule has 1 amide bonds. The Morgan fingerprint density at radius 1 is 1.25 bits per heavy atom. The first-order chi connectivity index (χ1) is 5.83. The lowest BCUT2D eigenvalue weighted by atomic mass is 10.1. The molecule has 0 unspecified atom stereocenters. The number of benzene rings is 1. The van der Waals surface area contributed by atoms with Crippen molar-refractivity contribution in [3.05, 3.63) is 35.4 Å². The first kappa shape index (κ1) is 7.72. The molecular weight excluding hydrogens is 269 g/mol. The van der Waals surface area contributed by atoms with Crippen LogP contribution in [0.25, 0.3) is 0 Å². The van der Waals surface area contributed by atoms with Crippen molar-refractivity contribution in [2.24, 2.45) is 4.99 Å². The van der Waals surface area contributed by atoms with Crippen molar-refractivity contribution in [1.82, 2.24) is 0 Å². The fraction of sp³-hybridized carbons (Fsp3) is 0. The van der Waals surface area contributed by atoms with Crippen molar-refractivity contribution >= 4 is 34.8 Å². The van der Waals surface area contributed by atoms with E-state index in [9.17, 15) is 4.79 Å². The molecule has 0 aromatic heterocycles. The van der Waals surface area contributed by atoms with Crippen LogP contribution in [-0.2, 0) is 3.07 Å². The molecule has 4 heteroatoms. The van der Waals surface area contributed by atoms with Crippen LogP contribution >= 0.6 is 23.0 Å². The highest BCUT2D eigenvalue weighted by Crippen LogP contribution is 2.19. The van der Waals surface area contributed by atoms with Crippen molar-refractivity contribution in [2.75, 3.05) is 0 Å². The number of aliphatic imine (C=N–C) groups is 1. The first-order valence-corrected chi connectivity index (χ1v) is 4.22. The maximum absolute atomic E-state index is 11.2. The molecule has 0 atom stereocenters. The van der Waals surface area contributed by atoms with Gasteiger partial charge in [-0.15, -0.1) is 0 Å². The van der Waals surface area contributed by atoms with Crippen LogP contribution in [0.5, 0.6) is 0 Å². The van der Waals surface area contributed by atoms with E-state index >= 15 is 0 Å². The third-order valence-corrected chi connectivity index (χ3v) is 2.08. The number of hydrogen-bond donors (Lipinski definition) is 0. The molecule has 2 rings (SSSR count). The second-order valence-corrected chi connectivity index (χ2v) is 2.79. The number of carbonyl (C=O) groups is 1. The van der Waals surface area contributed by atoms with Gasteiger partial charge in [-0.25, -0.2) is 0 Å². The summed E-state index contributed by atoms with van der Waals surface area (Å²) in [5, 5.41) is 0. The zero-order valence-corrected chi connectivity index (χ0v) is 8.11. The number of amides is 1. The van der Waals surface area contributed by atoms with Gasteiger partial charge in [-0.2, -0.15) is 4.99 Å². The van der Waals surface area contributed by atoms with Gasteiger partial charge in [0.15, 0.2) is 23.0 Å². The average Bonchev–Trinajstić information content (AvgIpc) is 2.44. The third kappa shape index (κ3) is 1.03. The van der Waals surface area contributed by atoms with E-state index in [0.29, 0.717) is 11.5 Å². The van der Waals surface area contributed by atoms with Gasteiger partial charge < -0.3 is 3.07 Å². The van der Waals surface area contributed by atoms with Crippen LogP contribution in [0.2, 0.25) is 0 Å². The molecule has 0 spiro atoms. The molecule has 1 aliphatic heterocycles. The van der Waals surface area contributed by atoms with Crippen molar-refractivity contribution in [2.45, 2.75) is 0 Å². The molecule has 0 aliphatic carbocycles. The lowest BCUT2D eigenvalue weighted by Gasteiger charge is -1.96. The largest absolute Gasteiger partial charge is 0.407 e. The molecule has 0 saturated heterocycles. The van der Waals surface area contributed by atoms with Crippen LogP contribution in [0.4, 0.5) is 0 Å². The molecule has 1 aromatic rings. The summed E-state index contributed by atoms with van der Waals surface area (Å²) < 4.78 is 4.91. The Morgan fingerprint density at radius 3 is 2.58 bits per heavy atom. The third-order valence-electron chi connectivity index (χ3n) is 1.66. The average molecular weight is 273 g/mol. The molecular formula is C8H4INO2. The van der Waals surface area contributed by atoms with Crippen LogP contribution in [0.3, 0.4) is 0 Å². The molecule has 60 valence electrons. The zero-order chi connectivity index (χ0) is 8.55. The second kappa shape index (κ2) is 2.85. The predicted octanol–water partition coefficient (Wildman–Crippen LogP) is 1.95. The minimum atomic E-state index is -0.225. The van der Waals surface area contributed by atoms with Gasteiger partial charge in [-0.3, -0.25) is 4.79 Å². The van der Waals surface area contributed by atoms with Crippen LogP contribution in [0, 0.1) is 0 Å². The smallest absolute Gasteiger partial charge is 0.281 e. The summed E-state index contributed by atoms with van der Waals surface area (Å²) in [5.74, 6) is 0.175. The lowest BCUT2D eigenvalue weighted by molar-refractivity contribution is 0.101. The van der Waals surface area contributed by atoms with E-state index in [-0.39, 0.29) is 5.91 Å². The lowest BCUT2D eigenvalue weighted by Crippen LogP contribution is -1.96. The summed E-state index contributed by atoms with van der Waals surface area (Å²) in [6, 6.07) is 7.21. The van der Waals surface area contributed by atoms with E-state index in [0.717, 1.165) is 5.56 Å². The van der Waals surface area contributed by atoms with Crippen molar-refractivity contribution in [3.63, 3.8) is 0 Å². The van der Waals surface area contributed by atoms with E-state index < -0.39 is 0 Å². The summed E-state index contributed by atoms with van der Waals surface area (Å²) in [4.78, 5) is 14.9. The van der Waals surface area contributed by atoms with Gasteiger partial charge in [0.25, 0.3) is 5.91 Å². The Hall–Kier alpha value is -0.910. The van der Waals surface area contributed by atoms with Gasteiger partial charge >= 0.3 is 0 Å². The summed E-state index contributed by atoms with van der Waals surface area (Å²) >= 11 is 1.71. The Bertz CT molecular complexity index is 373. The molecule has 0 saturated carbocycles. The van der Waals surface area contributed by atoms with Crippen LogP contribution in [0.15, 0.2) is 29.3 Å². The summed E-state index contributed by atoms with van der Waals surface area (Å²) in [6.45, 7) is 0. The van der Waals surface area contributed by atoms with Gasteiger partial charge in [0.05, 0.1) is 11.1 Å². The fourth-order valence-corrected chi connectivity index (χ4v) is 1.46. The zero-order valence-electron chi connectivity index (χ0n) is 5.95. The van der Waals surface area contributed by atoms with Crippen molar-refractivity contribution in [3.8, 4) is 0 Å². The predicted molar refractivity (Wildman–Crippen MR) is 52.4 cm³/mol. The highest BCUT2D eigenvalue weighted by Gasteiger charge is 2.23. The number of hydrogen-bond acceptors (Lipinski definition) is 2. The number of carbonyl (C=O) groups excluding carboxylic acids is 1. The maximum Gasteiger partial charge on any atom is 0.281 e. The minimum absolute atomic E-state index is 0.225. The van der Waals surface area contributed by atoms with Crippen molar-refractivity contribution in [1.29, 1.82) is 0 Å². The fourth-order valence-electron chi connectivity index (χ4n) is 1.13. The molecule has 0 fully saturated rings. The SMILES string of the molecule is O=C1N=C(OI)c2ccccc21. The number of nitrogens with zero attached hydrogens (tertiary/aromatic N) is 1. The van der Waals surface area contributed by atoms with E-state index in [1.165, 1.54) is 0 Å². The highest BCUT2D eigenvalue weighted by atomic mass is 127. The molecule has 0 N–H and O–H groups in total. The van der Waals surface area contributed by atoms with Crippen molar-refractivity contribution < 1.29 is 7.86 Å². The molecule has 1 aromatic carbocycles. The van der Waals surface area contributed by atoms with E-state index in [1.54, 1.807) is 29.1 Å². The molecule has 0 radical (unpaired) electrons. The Balaban J connectivity index is 2.60. The van der Waals surface area contributed by atoms with Gasteiger partial charge in [-0.1, -0.05) is 12.1 Å². The first-order valence-electron chi connectivity index (χ1n) is 3.34. The highest BCUT2D eigenvalue weighted by molar-refractivity contribution is 14.1. The number of fused-ring (bicyclic) bond motifs is 1. The van der Waals surface area contributed by atoms with Crippen LogP contribution in [0.1, 0.15) is 15.9 Å². The number of halogens is 1. The minimum Gasteiger partial charge on any atom is -0.407 e. The normalized spacial score (nSPS) is 14.1. The maximum atomic E-state index is 11.2. The molecule has 0 bridgehead atoms. The Morgan fingerprint density at radius 2 is 1.92 bits per heavy atom. The summed E-state index contributed by atoms with van der Waals surface area (Å²) in [7, 11) is 0. The van der Waals surface area contributed by atoms with E-state index in [1.807, 2.05) is 18.2 Å². The van der Waals surface area contributed by atoms with Gasteiger partial charge in [0, 0.05) is 0 Å². The monoisotopic (exact) mass is 273 g/mol. The topological polar surface area (TPSA) is 38.7 Å². The van der Waals surface area contributed by atoms with Gasteiger partial charge in [-0.05, 0) is 12.1 Å².